The molecule has 0 spiro atoms. The van der Waals surface area contributed by atoms with Crippen LogP contribution in [0.15, 0.2) is 23.1 Å². The first kappa shape index (κ1) is 14.9. The van der Waals surface area contributed by atoms with E-state index in [2.05, 4.69) is 9.62 Å². The zero-order chi connectivity index (χ0) is 14.8. The predicted molar refractivity (Wildman–Crippen MR) is 72.0 cm³/mol. The second kappa shape index (κ2) is 5.87. The number of rotatable bonds is 3. The Bertz CT molecular complexity index is 632. The Morgan fingerprint density at radius 1 is 1.40 bits per heavy atom. The molecule has 1 aliphatic heterocycles. The molecule has 1 aromatic rings. The summed E-state index contributed by atoms with van der Waals surface area (Å²) in [5.74, 6) is -0.717. The van der Waals surface area contributed by atoms with Crippen LogP contribution in [0.2, 0.25) is 0 Å². The van der Waals surface area contributed by atoms with E-state index in [0.29, 0.717) is 0 Å². The van der Waals surface area contributed by atoms with Crippen molar-refractivity contribution in [3.63, 3.8) is 0 Å². The largest absolute Gasteiger partial charge is 0.306 e. The van der Waals surface area contributed by atoms with Crippen LogP contribution in [0.4, 0.5) is 4.39 Å². The highest BCUT2D eigenvalue weighted by Crippen LogP contribution is 2.17. The second-order valence-corrected chi connectivity index (χ2v) is 6.67. The number of nitrogens with one attached hydrogen (secondary N) is 1. The van der Waals surface area contributed by atoms with Gasteiger partial charge in [0.15, 0.2) is 0 Å². The van der Waals surface area contributed by atoms with Crippen molar-refractivity contribution in [1.82, 2.24) is 9.62 Å². The van der Waals surface area contributed by atoms with Crippen molar-refractivity contribution in [2.45, 2.75) is 23.8 Å². The average Bonchev–Trinajstić information content (AvgIpc) is 2.41. The van der Waals surface area contributed by atoms with Crippen LogP contribution in [0.3, 0.4) is 0 Å². The van der Waals surface area contributed by atoms with Gasteiger partial charge in [-0.1, -0.05) is 0 Å². The Morgan fingerprint density at radius 3 is 2.65 bits per heavy atom. The average molecular weight is 297 g/mol. The molecule has 20 heavy (non-hydrogen) atoms. The van der Waals surface area contributed by atoms with E-state index in [4.69, 9.17) is 5.26 Å². The molecule has 1 N–H and O–H groups in total. The first-order valence-electron chi connectivity index (χ1n) is 6.33. The molecule has 0 unspecified atom stereocenters. The van der Waals surface area contributed by atoms with E-state index in [9.17, 15) is 12.8 Å². The molecule has 0 aliphatic carbocycles. The fourth-order valence-corrected chi connectivity index (χ4v) is 3.50. The summed E-state index contributed by atoms with van der Waals surface area (Å²) in [6.45, 7) is 1.67. The molecule has 1 aliphatic rings. The topological polar surface area (TPSA) is 73.2 Å². The number of nitrogens with zero attached hydrogens (tertiary/aromatic N) is 2. The molecular weight excluding hydrogens is 281 g/mol. The maximum absolute atomic E-state index is 13.2. The van der Waals surface area contributed by atoms with Gasteiger partial charge >= 0.3 is 0 Å². The minimum Gasteiger partial charge on any atom is -0.306 e. The summed E-state index contributed by atoms with van der Waals surface area (Å²) in [5, 5.41) is 8.75. The quantitative estimate of drug-likeness (QED) is 0.905. The summed E-state index contributed by atoms with van der Waals surface area (Å²) in [7, 11) is -1.72. The van der Waals surface area contributed by atoms with E-state index in [1.807, 2.05) is 7.05 Å². The summed E-state index contributed by atoms with van der Waals surface area (Å²) in [4.78, 5) is 2.06. The molecule has 0 radical (unpaired) electrons. The molecule has 0 aromatic heterocycles. The van der Waals surface area contributed by atoms with Crippen LogP contribution in [0.5, 0.6) is 0 Å². The van der Waals surface area contributed by atoms with Crippen LogP contribution in [-0.4, -0.2) is 39.5 Å². The Morgan fingerprint density at radius 2 is 2.05 bits per heavy atom. The van der Waals surface area contributed by atoms with Gasteiger partial charge in [-0.25, -0.2) is 17.5 Å². The Balaban J connectivity index is 2.16. The maximum atomic E-state index is 13.2. The highest BCUT2D eigenvalue weighted by molar-refractivity contribution is 7.89. The first-order valence-corrected chi connectivity index (χ1v) is 7.81. The van der Waals surface area contributed by atoms with E-state index < -0.39 is 15.8 Å². The lowest BCUT2D eigenvalue weighted by Gasteiger charge is -2.29. The summed E-state index contributed by atoms with van der Waals surface area (Å²) < 4.78 is 40.2. The molecule has 5 nitrogen and oxygen atoms in total. The molecule has 0 atom stereocenters. The highest BCUT2D eigenvalue weighted by atomic mass is 32.2. The molecule has 0 amide bonds. The standard InChI is InChI=1S/C13H16FN3O2S/c1-17-6-4-11(5-7-17)16-20(18,19)12-2-3-13(14)10(8-12)9-15/h2-3,8,11,16H,4-7H2,1H3. The van der Waals surface area contributed by atoms with Crippen molar-refractivity contribution in [2.75, 3.05) is 20.1 Å². The van der Waals surface area contributed by atoms with E-state index >= 15 is 0 Å². The van der Waals surface area contributed by atoms with E-state index in [-0.39, 0.29) is 16.5 Å². The summed E-state index contributed by atoms with van der Waals surface area (Å²) in [6, 6.07) is 4.76. The Labute approximate surface area is 118 Å². The number of nitriles is 1. The number of halogens is 1. The molecule has 2 rings (SSSR count). The van der Waals surface area contributed by atoms with Crippen molar-refractivity contribution in [2.24, 2.45) is 0 Å². The van der Waals surface area contributed by atoms with Crippen molar-refractivity contribution < 1.29 is 12.8 Å². The van der Waals surface area contributed by atoms with Crippen LogP contribution in [0, 0.1) is 17.1 Å². The minimum absolute atomic E-state index is 0.0746. The third-order valence-electron chi connectivity index (χ3n) is 3.41. The van der Waals surface area contributed by atoms with Crippen LogP contribution in [0.25, 0.3) is 0 Å². The van der Waals surface area contributed by atoms with Crippen molar-refractivity contribution >= 4 is 10.0 Å². The van der Waals surface area contributed by atoms with Crippen molar-refractivity contribution in [1.29, 1.82) is 5.26 Å². The zero-order valence-electron chi connectivity index (χ0n) is 11.1. The van der Waals surface area contributed by atoms with E-state index in [0.717, 1.165) is 38.1 Å². The van der Waals surface area contributed by atoms with Gasteiger partial charge in [-0.3, -0.25) is 0 Å². The van der Waals surface area contributed by atoms with Crippen LogP contribution in [0.1, 0.15) is 18.4 Å². The summed E-state index contributed by atoms with van der Waals surface area (Å²) in [6.07, 6.45) is 1.48. The molecule has 7 heteroatoms. The number of piperidine rings is 1. The third kappa shape index (κ3) is 3.33. The lowest BCUT2D eigenvalue weighted by molar-refractivity contribution is 0.248. The summed E-state index contributed by atoms with van der Waals surface area (Å²) >= 11 is 0. The molecule has 0 bridgehead atoms. The zero-order valence-corrected chi connectivity index (χ0v) is 12.0. The van der Waals surface area contributed by atoms with E-state index in [1.165, 1.54) is 6.07 Å². The highest BCUT2D eigenvalue weighted by Gasteiger charge is 2.24. The summed E-state index contributed by atoms with van der Waals surface area (Å²) in [5.41, 5.74) is -0.267. The Hall–Kier alpha value is -1.49. The van der Waals surface area contributed by atoms with Crippen molar-refractivity contribution in [3.8, 4) is 6.07 Å². The molecule has 1 aromatic carbocycles. The molecule has 108 valence electrons. The van der Waals surface area contributed by atoms with E-state index in [1.54, 1.807) is 6.07 Å². The van der Waals surface area contributed by atoms with Gasteiger partial charge in [0.1, 0.15) is 11.9 Å². The monoisotopic (exact) mass is 297 g/mol. The fraction of sp³-hybridized carbons (Fsp3) is 0.462. The number of likely N-dealkylation sites (tertiary alicyclic amines) is 1. The maximum Gasteiger partial charge on any atom is 0.240 e. The van der Waals surface area contributed by atoms with Gasteiger partial charge in [-0.05, 0) is 51.2 Å². The lowest BCUT2D eigenvalue weighted by atomic mass is 10.1. The number of hydrogen-bond donors (Lipinski definition) is 1. The van der Waals surface area contributed by atoms with Crippen LogP contribution < -0.4 is 4.72 Å². The molecular formula is C13H16FN3O2S. The molecule has 1 saturated heterocycles. The second-order valence-electron chi connectivity index (χ2n) is 4.95. The third-order valence-corrected chi connectivity index (χ3v) is 4.93. The Kier molecular flexibility index (Phi) is 4.38. The lowest BCUT2D eigenvalue weighted by Crippen LogP contribution is -2.43. The van der Waals surface area contributed by atoms with Gasteiger partial charge in [0, 0.05) is 6.04 Å². The van der Waals surface area contributed by atoms with Crippen LogP contribution in [-0.2, 0) is 10.0 Å². The predicted octanol–water partition coefficient (Wildman–Crippen LogP) is 1.07. The van der Waals surface area contributed by atoms with Gasteiger partial charge < -0.3 is 4.90 Å². The van der Waals surface area contributed by atoms with Crippen molar-refractivity contribution in [3.05, 3.63) is 29.6 Å². The molecule has 0 saturated carbocycles. The number of hydrogen-bond acceptors (Lipinski definition) is 4. The number of benzene rings is 1. The van der Waals surface area contributed by atoms with Gasteiger partial charge in [0.25, 0.3) is 0 Å². The van der Waals surface area contributed by atoms with Gasteiger partial charge in [-0.2, -0.15) is 5.26 Å². The van der Waals surface area contributed by atoms with Gasteiger partial charge in [0.05, 0.1) is 10.5 Å². The molecule has 1 heterocycles. The molecule has 1 fully saturated rings. The van der Waals surface area contributed by atoms with Crippen LogP contribution >= 0.6 is 0 Å². The smallest absolute Gasteiger partial charge is 0.240 e. The van der Waals surface area contributed by atoms with Gasteiger partial charge in [0.2, 0.25) is 10.0 Å². The normalized spacial score (nSPS) is 17.9. The SMILES string of the molecule is CN1CCC(NS(=O)(=O)c2ccc(F)c(C#N)c2)CC1. The minimum atomic E-state index is -3.71. The first-order chi connectivity index (χ1) is 9.42. The fourth-order valence-electron chi connectivity index (χ4n) is 2.17. The number of sulfonamides is 1. The van der Waals surface area contributed by atoms with Gasteiger partial charge in [-0.15, -0.1) is 0 Å².